The number of nitrogens with zero attached hydrogens (tertiary/aromatic N) is 1. The van der Waals surface area contributed by atoms with Crippen molar-refractivity contribution in [3.63, 3.8) is 0 Å². The van der Waals surface area contributed by atoms with Gasteiger partial charge in [-0.05, 0) is 50.6 Å². The van der Waals surface area contributed by atoms with Gasteiger partial charge in [-0.2, -0.15) is 0 Å². The summed E-state index contributed by atoms with van der Waals surface area (Å²) in [7, 11) is -1.25. The second-order valence-corrected chi connectivity index (χ2v) is 10.8. The summed E-state index contributed by atoms with van der Waals surface area (Å²) in [6.07, 6.45) is 4.89. The van der Waals surface area contributed by atoms with Crippen LogP contribution in [0.3, 0.4) is 0 Å². The van der Waals surface area contributed by atoms with Crippen LogP contribution in [0.5, 0.6) is 0 Å². The smallest absolute Gasteiger partial charge is 0.387 e. The van der Waals surface area contributed by atoms with Crippen LogP contribution in [0, 0.1) is 18.3 Å². The number of halogens is 1. The SMILES string of the molecule is C#COC(=O)CC(O)C(c1c(-c2ccc(F)cc2)cc(-c2cccc3ccccc23)nc1C(C)C)[P+](=O)OC. The molecule has 0 amide bonds. The first-order chi connectivity index (χ1) is 18.7. The van der Waals surface area contributed by atoms with Gasteiger partial charge < -0.3 is 9.84 Å². The number of hydrogen-bond donors (Lipinski definition) is 1. The first-order valence-electron chi connectivity index (χ1n) is 12.4. The number of terminal acetylenes is 1. The summed E-state index contributed by atoms with van der Waals surface area (Å²) in [5.41, 5.74) is 2.62. The van der Waals surface area contributed by atoms with E-state index in [-0.39, 0.29) is 5.92 Å². The van der Waals surface area contributed by atoms with Gasteiger partial charge in [-0.25, -0.2) is 4.39 Å². The Labute approximate surface area is 227 Å². The van der Waals surface area contributed by atoms with Gasteiger partial charge in [-0.1, -0.05) is 74.9 Å². The Bertz CT molecular complexity index is 1560. The number of pyridine rings is 1. The fourth-order valence-electron chi connectivity index (χ4n) is 4.72. The van der Waals surface area contributed by atoms with Gasteiger partial charge in [-0.15, -0.1) is 4.52 Å². The van der Waals surface area contributed by atoms with Crippen molar-refractivity contribution in [2.45, 2.75) is 37.9 Å². The van der Waals surface area contributed by atoms with E-state index in [0.29, 0.717) is 28.1 Å². The van der Waals surface area contributed by atoms with Crippen molar-refractivity contribution in [3.8, 4) is 34.9 Å². The molecule has 6 nitrogen and oxygen atoms in total. The number of benzene rings is 3. The van der Waals surface area contributed by atoms with Gasteiger partial charge in [0.15, 0.2) is 0 Å². The van der Waals surface area contributed by atoms with Crippen LogP contribution in [0.15, 0.2) is 72.8 Å². The number of carbonyl (C=O) groups is 1. The fourth-order valence-corrected chi connectivity index (χ4v) is 5.82. The third-order valence-corrected chi connectivity index (χ3v) is 7.89. The molecule has 0 spiro atoms. The molecular weight excluding hydrogens is 516 g/mol. The molecule has 8 heteroatoms. The number of fused-ring (bicyclic) bond motifs is 1. The highest BCUT2D eigenvalue weighted by molar-refractivity contribution is 7.39. The van der Waals surface area contributed by atoms with Crippen LogP contribution in [0.2, 0.25) is 0 Å². The van der Waals surface area contributed by atoms with E-state index in [1.165, 1.54) is 19.2 Å². The minimum absolute atomic E-state index is 0.179. The lowest BCUT2D eigenvalue weighted by molar-refractivity contribution is -0.139. The topological polar surface area (TPSA) is 85.7 Å². The molecule has 4 aromatic rings. The van der Waals surface area contributed by atoms with E-state index in [9.17, 15) is 18.9 Å². The Kier molecular flexibility index (Phi) is 8.83. The van der Waals surface area contributed by atoms with Crippen molar-refractivity contribution < 1.29 is 28.1 Å². The Morgan fingerprint density at radius 2 is 1.77 bits per heavy atom. The molecule has 0 radical (unpaired) electrons. The lowest BCUT2D eigenvalue weighted by Gasteiger charge is -2.23. The summed E-state index contributed by atoms with van der Waals surface area (Å²) in [5.74, 6) is -1.43. The van der Waals surface area contributed by atoms with Gasteiger partial charge in [0.25, 0.3) is 0 Å². The molecule has 1 heterocycles. The molecule has 39 heavy (non-hydrogen) atoms. The summed E-state index contributed by atoms with van der Waals surface area (Å²) in [4.78, 5) is 17.2. The number of rotatable bonds is 9. The highest BCUT2D eigenvalue weighted by Crippen LogP contribution is 2.51. The van der Waals surface area contributed by atoms with Crippen LogP contribution in [0.4, 0.5) is 4.39 Å². The van der Waals surface area contributed by atoms with Crippen molar-refractivity contribution in [2.75, 3.05) is 7.11 Å². The van der Waals surface area contributed by atoms with E-state index in [0.717, 1.165) is 16.3 Å². The van der Waals surface area contributed by atoms with Gasteiger partial charge in [0.2, 0.25) is 5.66 Å². The van der Waals surface area contributed by atoms with E-state index in [1.807, 2.05) is 62.4 Å². The normalized spacial score (nSPS) is 13.1. The van der Waals surface area contributed by atoms with Crippen molar-refractivity contribution in [3.05, 3.63) is 89.9 Å². The standard InChI is InChI=1S/C31H28FNO5P/c1-5-38-28(35)18-27(34)31(39(36)37-4)29-25(21-13-15-22(32)16-14-21)17-26(33-30(29)19(2)3)24-12-8-10-20-9-6-7-11-23(20)24/h1,6-17,19,27,31,34H,18H2,2-4H3/q+1. The molecule has 0 aliphatic heterocycles. The Morgan fingerprint density at radius 3 is 2.44 bits per heavy atom. The van der Waals surface area contributed by atoms with E-state index in [2.05, 4.69) is 4.74 Å². The van der Waals surface area contributed by atoms with Crippen molar-refractivity contribution in [1.29, 1.82) is 0 Å². The molecule has 3 aromatic carbocycles. The summed E-state index contributed by atoms with van der Waals surface area (Å²) in [5, 5.41) is 13.2. The summed E-state index contributed by atoms with van der Waals surface area (Å²) >= 11 is 0. The average Bonchev–Trinajstić information content (AvgIpc) is 2.93. The van der Waals surface area contributed by atoms with Gasteiger partial charge in [-0.3, -0.25) is 9.78 Å². The minimum Gasteiger partial charge on any atom is -0.387 e. The van der Waals surface area contributed by atoms with Crippen molar-refractivity contribution >= 4 is 24.8 Å². The molecular formula is C31H28FNO5P+. The largest absolute Gasteiger partial charge is 0.518 e. The van der Waals surface area contributed by atoms with Crippen LogP contribution < -0.4 is 0 Å². The van der Waals surface area contributed by atoms with Crippen LogP contribution in [-0.4, -0.2) is 29.3 Å². The Morgan fingerprint density at radius 1 is 1.08 bits per heavy atom. The molecule has 0 fully saturated rings. The lowest BCUT2D eigenvalue weighted by atomic mass is 9.88. The zero-order valence-electron chi connectivity index (χ0n) is 21.8. The predicted molar refractivity (Wildman–Crippen MR) is 150 cm³/mol. The maximum Gasteiger partial charge on any atom is 0.518 e. The van der Waals surface area contributed by atoms with E-state index < -0.39 is 38.0 Å². The quantitative estimate of drug-likeness (QED) is 0.137. The summed E-state index contributed by atoms with van der Waals surface area (Å²) in [6, 6.07) is 21.6. The van der Waals surface area contributed by atoms with Gasteiger partial charge in [0, 0.05) is 11.1 Å². The fraction of sp³-hybridized carbons (Fsp3) is 0.226. The number of carbonyl (C=O) groups excluding carboxylic acids is 1. The number of hydrogen-bond acceptors (Lipinski definition) is 6. The van der Waals surface area contributed by atoms with Crippen molar-refractivity contribution in [2.24, 2.45) is 0 Å². The number of esters is 1. The molecule has 3 unspecified atom stereocenters. The zero-order chi connectivity index (χ0) is 28.1. The molecule has 1 aromatic heterocycles. The van der Waals surface area contributed by atoms with Gasteiger partial charge >= 0.3 is 14.0 Å². The molecule has 0 aliphatic carbocycles. The van der Waals surface area contributed by atoms with Crippen molar-refractivity contribution in [1.82, 2.24) is 4.98 Å². The molecule has 0 aliphatic rings. The van der Waals surface area contributed by atoms with Gasteiger partial charge in [0.05, 0.1) is 24.9 Å². The lowest BCUT2D eigenvalue weighted by Crippen LogP contribution is -2.23. The molecule has 4 rings (SSSR count). The average molecular weight is 545 g/mol. The molecule has 1 N–H and O–H groups in total. The first kappa shape index (κ1) is 28.1. The molecule has 0 saturated heterocycles. The second-order valence-electron chi connectivity index (χ2n) is 9.32. The molecule has 3 atom stereocenters. The number of aliphatic hydroxyl groups is 1. The maximum absolute atomic E-state index is 13.9. The first-order valence-corrected chi connectivity index (χ1v) is 13.6. The Hall–Kier alpha value is -3.95. The number of aliphatic hydroxyl groups excluding tert-OH is 1. The Balaban J connectivity index is 2.04. The van der Waals surface area contributed by atoms with Crippen LogP contribution in [0.25, 0.3) is 33.2 Å². The molecule has 198 valence electrons. The van der Waals surface area contributed by atoms with E-state index in [1.54, 1.807) is 18.2 Å². The summed E-state index contributed by atoms with van der Waals surface area (Å²) in [6.45, 7) is 3.87. The van der Waals surface area contributed by atoms with Gasteiger partial charge in [0.1, 0.15) is 18.0 Å². The summed E-state index contributed by atoms with van der Waals surface area (Å²) < 4.78 is 37.0. The maximum atomic E-state index is 13.9. The third-order valence-electron chi connectivity index (χ3n) is 6.47. The van der Waals surface area contributed by atoms with Crippen LogP contribution in [-0.2, 0) is 18.6 Å². The highest BCUT2D eigenvalue weighted by Gasteiger charge is 2.45. The minimum atomic E-state index is -2.52. The molecule has 0 bridgehead atoms. The third kappa shape index (κ3) is 6.05. The monoisotopic (exact) mass is 544 g/mol. The zero-order valence-corrected chi connectivity index (χ0v) is 22.7. The second kappa shape index (κ2) is 12.3. The highest BCUT2D eigenvalue weighted by atomic mass is 31.1. The number of ether oxygens (including phenoxy) is 1. The predicted octanol–water partition coefficient (Wildman–Crippen LogP) is 7.15. The van der Waals surface area contributed by atoms with Crippen LogP contribution in [0.1, 0.15) is 43.1 Å². The van der Waals surface area contributed by atoms with Crippen LogP contribution >= 0.6 is 8.03 Å². The van der Waals surface area contributed by atoms with E-state index >= 15 is 0 Å². The van der Waals surface area contributed by atoms with E-state index in [4.69, 9.17) is 15.9 Å². The number of aromatic nitrogens is 1. The molecule has 0 saturated carbocycles.